The van der Waals surface area contributed by atoms with Crippen molar-refractivity contribution in [3.8, 4) is 17.3 Å². The summed E-state index contributed by atoms with van der Waals surface area (Å²) in [4.78, 5) is 11.6. The minimum atomic E-state index is 0.263. The number of aromatic nitrogens is 3. The van der Waals surface area contributed by atoms with Gasteiger partial charge in [0.1, 0.15) is 6.61 Å². The average Bonchev–Trinajstić information content (AvgIpc) is 3.39. The topological polar surface area (TPSA) is 73.5 Å². The average molecular weight is 372 g/mol. The molecule has 1 saturated carbocycles. The smallest absolute Gasteiger partial charge is 0.244 e. The number of rotatable bonds is 7. The summed E-state index contributed by atoms with van der Waals surface area (Å²) >= 11 is 0. The van der Waals surface area contributed by atoms with Gasteiger partial charge >= 0.3 is 0 Å². The molecule has 1 aliphatic carbocycles. The lowest BCUT2D eigenvalue weighted by molar-refractivity contribution is 0.121. The van der Waals surface area contributed by atoms with Crippen LogP contribution in [0.15, 0.2) is 22.9 Å². The first-order valence-electron chi connectivity index (χ1n) is 10.0. The number of ether oxygens (including phenoxy) is 2. The maximum Gasteiger partial charge on any atom is 0.244 e. The van der Waals surface area contributed by atoms with Crippen LogP contribution in [-0.2, 0) is 4.74 Å². The monoisotopic (exact) mass is 372 g/mol. The molecule has 0 radical (unpaired) electrons. The Balaban J connectivity index is 1.43. The number of pyridine rings is 1. The van der Waals surface area contributed by atoms with Gasteiger partial charge < -0.3 is 14.0 Å². The Bertz CT molecular complexity index is 712. The van der Waals surface area contributed by atoms with E-state index in [0.717, 1.165) is 24.4 Å². The molecule has 0 spiro atoms. The highest BCUT2D eigenvalue weighted by molar-refractivity contribution is 5.53. The molecular formula is C20H28N4O3. The fourth-order valence-electron chi connectivity index (χ4n) is 4.22. The molecule has 1 unspecified atom stereocenters. The SMILES string of the molecule is COCCOc1ccc(-c2noc(C3CCCN3C3CCCCC3)n2)cn1. The number of likely N-dealkylation sites (tertiary alicyclic amines) is 1. The lowest BCUT2D eigenvalue weighted by atomic mass is 9.94. The summed E-state index contributed by atoms with van der Waals surface area (Å²) in [5.74, 6) is 1.91. The first-order valence-corrected chi connectivity index (χ1v) is 10.0. The zero-order valence-corrected chi connectivity index (χ0v) is 16.0. The molecular weight excluding hydrogens is 344 g/mol. The molecule has 1 aliphatic heterocycles. The van der Waals surface area contributed by atoms with Crippen molar-refractivity contribution in [1.82, 2.24) is 20.0 Å². The Hall–Kier alpha value is -1.99. The van der Waals surface area contributed by atoms with Gasteiger partial charge in [-0.3, -0.25) is 4.90 Å². The fraction of sp³-hybridized carbons (Fsp3) is 0.650. The van der Waals surface area contributed by atoms with E-state index in [-0.39, 0.29) is 6.04 Å². The molecule has 27 heavy (non-hydrogen) atoms. The summed E-state index contributed by atoms with van der Waals surface area (Å²) in [6.45, 7) is 2.16. The molecule has 0 N–H and O–H groups in total. The summed E-state index contributed by atoms with van der Waals surface area (Å²) in [5.41, 5.74) is 0.839. The van der Waals surface area contributed by atoms with Crippen LogP contribution in [0, 0.1) is 0 Å². The Morgan fingerprint density at radius 3 is 2.78 bits per heavy atom. The van der Waals surface area contributed by atoms with Gasteiger partial charge in [-0.1, -0.05) is 24.4 Å². The zero-order valence-electron chi connectivity index (χ0n) is 16.0. The summed E-state index contributed by atoms with van der Waals surface area (Å²) < 4.78 is 16.1. The van der Waals surface area contributed by atoms with Gasteiger partial charge in [0.2, 0.25) is 17.6 Å². The third kappa shape index (κ3) is 4.30. The Morgan fingerprint density at radius 2 is 2.00 bits per heavy atom. The molecule has 2 aromatic rings. The minimum Gasteiger partial charge on any atom is -0.475 e. The van der Waals surface area contributed by atoms with Crippen molar-refractivity contribution in [3.05, 3.63) is 24.2 Å². The molecule has 0 aromatic carbocycles. The predicted octanol–water partition coefficient (Wildman–Crippen LogP) is 3.63. The quantitative estimate of drug-likeness (QED) is 0.687. The fourth-order valence-corrected chi connectivity index (χ4v) is 4.22. The van der Waals surface area contributed by atoms with Gasteiger partial charge in [0, 0.05) is 31.0 Å². The van der Waals surface area contributed by atoms with E-state index in [1.165, 1.54) is 38.5 Å². The van der Waals surface area contributed by atoms with Crippen molar-refractivity contribution >= 4 is 0 Å². The van der Waals surface area contributed by atoms with Crippen molar-refractivity contribution in [3.63, 3.8) is 0 Å². The van der Waals surface area contributed by atoms with E-state index < -0.39 is 0 Å². The van der Waals surface area contributed by atoms with Crippen molar-refractivity contribution in [2.24, 2.45) is 0 Å². The van der Waals surface area contributed by atoms with E-state index in [1.54, 1.807) is 13.3 Å². The number of nitrogens with zero attached hydrogens (tertiary/aromatic N) is 4. The molecule has 2 fully saturated rings. The standard InChI is InChI=1S/C20H28N4O3/c1-25-12-13-26-18-10-9-15(14-21-18)19-22-20(27-23-19)17-8-5-11-24(17)16-6-3-2-4-7-16/h9-10,14,16-17H,2-8,11-13H2,1H3. The molecule has 146 valence electrons. The molecule has 1 atom stereocenters. The van der Waals surface area contributed by atoms with Crippen LogP contribution in [0.5, 0.6) is 5.88 Å². The number of methoxy groups -OCH3 is 1. The van der Waals surface area contributed by atoms with Crippen molar-refractivity contribution < 1.29 is 14.0 Å². The first kappa shape index (κ1) is 18.4. The molecule has 2 aromatic heterocycles. The van der Waals surface area contributed by atoms with Crippen molar-refractivity contribution in [1.29, 1.82) is 0 Å². The van der Waals surface area contributed by atoms with E-state index in [0.29, 0.717) is 31.0 Å². The Labute approximate surface area is 160 Å². The van der Waals surface area contributed by atoms with Gasteiger partial charge in [-0.05, 0) is 38.3 Å². The Morgan fingerprint density at radius 1 is 1.11 bits per heavy atom. The summed E-state index contributed by atoms with van der Waals surface area (Å²) in [6.07, 6.45) is 10.7. The van der Waals surface area contributed by atoms with Gasteiger partial charge in [-0.15, -0.1) is 0 Å². The second-order valence-electron chi connectivity index (χ2n) is 7.37. The molecule has 4 rings (SSSR count). The van der Waals surface area contributed by atoms with E-state index in [1.807, 2.05) is 12.1 Å². The molecule has 7 heteroatoms. The molecule has 3 heterocycles. The molecule has 7 nitrogen and oxygen atoms in total. The molecule has 0 bridgehead atoms. The lowest BCUT2D eigenvalue weighted by Crippen LogP contribution is -2.36. The van der Waals surface area contributed by atoms with Gasteiger partial charge in [0.05, 0.1) is 12.6 Å². The minimum absolute atomic E-state index is 0.263. The van der Waals surface area contributed by atoms with Crippen molar-refractivity contribution in [2.75, 3.05) is 26.9 Å². The highest BCUT2D eigenvalue weighted by atomic mass is 16.5. The second-order valence-corrected chi connectivity index (χ2v) is 7.37. The van der Waals surface area contributed by atoms with Crippen LogP contribution in [0.2, 0.25) is 0 Å². The Kier molecular flexibility index (Phi) is 5.99. The van der Waals surface area contributed by atoms with E-state index in [2.05, 4.69) is 15.0 Å². The summed E-state index contributed by atoms with van der Waals surface area (Å²) in [5, 5.41) is 4.20. The van der Waals surface area contributed by atoms with Crippen LogP contribution >= 0.6 is 0 Å². The van der Waals surface area contributed by atoms with Crippen LogP contribution in [0.4, 0.5) is 0 Å². The van der Waals surface area contributed by atoms with Gasteiger partial charge in [0.25, 0.3) is 0 Å². The van der Waals surface area contributed by atoms with E-state index >= 15 is 0 Å². The van der Waals surface area contributed by atoms with Crippen LogP contribution in [0.3, 0.4) is 0 Å². The van der Waals surface area contributed by atoms with Crippen LogP contribution < -0.4 is 4.74 Å². The maximum absolute atomic E-state index is 5.66. The maximum atomic E-state index is 5.66. The van der Waals surface area contributed by atoms with E-state index in [4.69, 9.17) is 19.0 Å². The third-order valence-electron chi connectivity index (χ3n) is 5.60. The zero-order chi connectivity index (χ0) is 18.5. The molecule has 1 saturated heterocycles. The molecule has 0 amide bonds. The first-order chi connectivity index (χ1) is 13.3. The van der Waals surface area contributed by atoms with Crippen LogP contribution in [0.1, 0.15) is 56.9 Å². The lowest BCUT2D eigenvalue weighted by Gasteiger charge is -2.34. The van der Waals surface area contributed by atoms with E-state index in [9.17, 15) is 0 Å². The number of hydrogen-bond acceptors (Lipinski definition) is 7. The highest BCUT2D eigenvalue weighted by Gasteiger charge is 2.35. The van der Waals surface area contributed by atoms with Gasteiger partial charge in [-0.2, -0.15) is 4.98 Å². The summed E-state index contributed by atoms with van der Waals surface area (Å²) in [6, 6.07) is 4.67. The largest absolute Gasteiger partial charge is 0.475 e. The highest BCUT2D eigenvalue weighted by Crippen LogP contribution is 2.37. The predicted molar refractivity (Wildman–Crippen MR) is 100 cm³/mol. The van der Waals surface area contributed by atoms with Gasteiger partial charge in [0.15, 0.2) is 0 Å². The second kappa shape index (κ2) is 8.80. The number of hydrogen-bond donors (Lipinski definition) is 0. The van der Waals surface area contributed by atoms with Crippen LogP contribution in [0.25, 0.3) is 11.4 Å². The van der Waals surface area contributed by atoms with Crippen LogP contribution in [-0.4, -0.2) is 52.9 Å². The summed E-state index contributed by atoms with van der Waals surface area (Å²) in [7, 11) is 1.65. The van der Waals surface area contributed by atoms with Crippen molar-refractivity contribution in [2.45, 2.75) is 57.0 Å². The third-order valence-corrected chi connectivity index (χ3v) is 5.60. The molecule has 2 aliphatic rings. The van der Waals surface area contributed by atoms with Gasteiger partial charge in [-0.25, -0.2) is 4.98 Å². The normalized spacial score (nSPS) is 21.6.